The van der Waals surface area contributed by atoms with Crippen molar-refractivity contribution in [3.8, 4) is 0 Å². The van der Waals surface area contributed by atoms with E-state index in [-0.39, 0.29) is 17.0 Å². The Morgan fingerprint density at radius 3 is 2.71 bits per heavy atom. The Bertz CT molecular complexity index is 859. The number of aromatic nitrogens is 1. The minimum absolute atomic E-state index is 0.175. The summed E-state index contributed by atoms with van der Waals surface area (Å²) in [5.74, 6) is -0.778. The fraction of sp³-hybridized carbons (Fsp3) is 0.0588. The number of nitrogens with zero attached hydrogens (tertiary/aromatic N) is 1. The van der Waals surface area contributed by atoms with Crippen LogP contribution >= 0.6 is 0 Å². The number of carbonyl (C=O) groups is 1. The van der Waals surface area contributed by atoms with Gasteiger partial charge in [0.2, 0.25) is 0 Å². The van der Waals surface area contributed by atoms with Crippen molar-refractivity contribution in [2.24, 2.45) is 0 Å². The summed E-state index contributed by atoms with van der Waals surface area (Å²) in [5, 5.41) is 0.862. The Morgan fingerprint density at radius 2 is 1.90 bits per heavy atom. The second kappa shape index (κ2) is 4.98. The first-order valence-electron chi connectivity index (χ1n) is 6.52. The normalized spacial score (nSPS) is 10.8. The van der Waals surface area contributed by atoms with Crippen LogP contribution in [-0.2, 0) is 0 Å². The van der Waals surface area contributed by atoms with Gasteiger partial charge in [-0.05, 0) is 49.4 Å². The number of hydrogen-bond donors (Lipinski definition) is 1. The SMILES string of the molecule is Cc1ccc2cc(C(=O)c3cc(F)ccc3N)ccc2n1. The highest BCUT2D eigenvalue weighted by Crippen LogP contribution is 2.21. The summed E-state index contributed by atoms with van der Waals surface area (Å²) in [5.41, 5.74) is 8.40. The fourth-order valence-corrected chi connectivity index (χ4v) is 2.25. The van der Waals surface area contributed by atoms with Gasteiger partial charge in [0.25, 0.3) is 0 Å². The number of benzene rings is 2. The lowest BCUT2D eigenvalue weighted by Gasteiger charge is -2.06. The van der Waals surface area contributed by atoms with Gasteiger partial charge in [-0.1, -0.05) is 6.07 Å². The number of nitrogen functional groups attached to an aromatic ring is 1. The van der Waals surface area contributed by atoms with Crippen molar-refractivity contribution in [1.29, 1.82) is 0 Å². The van der Waals surface area contributed by atoms with E-state index in [0.717, 1.165) is 22.7 Å². The van der Waals surface area contributed by atoms with E-state index in [4.69, 9.17) is 5.73 Å². The lowest BCUT2D eigenvalue weighted by atomic mass is 10.00. The van der Waals surface area contributed by atoms with Crippen LogP contribution in [0.2, 0.25) is 0 Å². The number of carbonyl (C=O) groups excluding carboxylic acids is 1. The zero-order chi connectivity index (χ0) is 15.0. The van der Waals surface area contributed by atoms with Crippen molar-refractivity contribution in [2.45, 2.75) is 6.92 Å². The number of nitrogens with two attached hydrogens (primary N) is 1. The first-order valence-corrected chi connectivity index (χ1v) is 6.52. The molecule has 0 fully saturated rings. The number of ketones is 1. The number of aryl methyl sites for hydroxylation is 1. The molecule has 2 N–H and O–H groups in total. The Kier molecular flexibility index (Phi) is 3.14. The van der Waals surface area contributed by atoms with Crippen molar-refractivity contribution < 1.29 is 9.18 Å². The Labute approximate surface area is 121 Å². The molecule has 1 heterocycles. The molecule has 0 bridgehead atoms. The Morgan fingerprint density at radius 1 is 1.10 bits per heavy atom. The van der Waals surface area contributed by atoms with Crippen molar-refractivity contribution in [1.82, 2.24) is 4.98 Å². The predicted octanol–water partition coefficient (Wildman–Crippen LogP) is 3.50. The highest BCUT2D eigenvalue weighted by molar-refractivity contribution is 6.13. The summed E-state index contributed by atoms with van der Waals surface area (Å²) in [6.07, 6.45) is 0. The Balaban J connectivity index is 2.09. The average molecular weight is 280 g/mol. The molecule has 0 saturated carbocycles. The van der Waals surface area contributed by atoms with Crippen LogP contribution in [0.5, 0.6) is 0 Å². The molecule has 0 saturated heterocycles. The predicted molar refractivity (Wildman–Crippen MR) is 80.7 cm³/mol. The highest BCUT2D eigenvalue weighted by Gasteiger charge is 2.14. The second-order valence-electron chi connectivity index (χ2n) is 4.92. The third-order valence-electron chi connectivity index (χ3n) is 3.35. The minimum atomic E-state index is -0.481. The van der Waals surface area contributed by atoms with Gasteiger partial charge in [0.15, 0.2) is 5.78 Å². The maximum absolute atomic E-state index is 13.3. The summed E-state index contributed by atoms with van der Waals surface area (Å²) >= 11 is 0. The van der Waals surface area contributed by atoms with Crippen LogP contribution in [0.3, 0.4) is 0 Å². The summed E-state index contributed by atoms with van der Waals surface area (Å²) in [4.78, 5) is 16.8. The number of hydrogen-bond acceptors (Lipinski definition) is 3. The molecule has 3 aromatic rings. The van der Waals surface area contributed by atoms with Gasteiger partial charge in [-0.3, -0.25) is 9.78 Å². The highest BCUT2D eigenvalue weighted by atomic mass is 19.1. The minimum Gasteiger partial charge on any atom is -0.398 e. The molecule has 0 aliphatic heterocycles. The maximum atomic E-state index is 13.3. The molecule has 21 heavy (non-hydrogen) atoms. The number of anilines is 1. The molecule has 3 nitrogen and oxygen atoms in total. The molecular weight excluding hydrogens is 267 g/mol. The standard InChI is InChI=1S/C17H13FN2O/c1-10-2-3-11-8-12(4-7-16(11)20-10)17(21)14-9-13(18)5-6-15(14)19/h2-9H,19H2,1H3. The lowest BCUT2D eigenvalue weighted by Crippen LogP contribution is -2.06. The topological polar surface area (TPSA) is 56.0 Å². The summed E-state index contributed by atoms with van der Waals surface area (Å²) in [7, 11) is 0. The zero-order valence-corrected chi connectivity index (χ0v) is 11.4. The van der Waals surface area contributed by atoms with Crippen molar-refractivity contribution in [2.75, 3.05) is 5.73 Å². The summed E-state index contributed by atoms with van der Waals surface area (Å²) in [6, 6.07) is 12.8. The molecule has 1 aromatic heterocycles. The van der Waals surface area contributed by atoms with E-state index in [0.29, 0.717) is 5.56 Å². The van der Waals surface area contributed by atoms with Crippen LogP contribution in [0.15, 0.2) is 48.5 Å². The molecule has 0 unspecified atom stereocenters. The average Bonchev–Trinajstić information content (AvgIpc) is 2.48. The number of rotatable bonds is 2. The molecule has 0 amide bonds. The van der Waals surface area contributed by atoms with Gasteiger partial charge in [0.05, 0.1) is 5.52 Å². The quantitative estimate of drug-likeness (QED) is 0.577. The van der Waals surface area contributed by atoms with Crippen LogP contribution in [0, 0.1) is 12.7 Å². The summed E-state index contributed by atoms with van der Waals surface area (Å²) in [6.45, 7) is 1.91. The van der Waals surface area contributed by atoms with E-state index >= 15 is 0 Å². The molecule has 104 valence electrons. The molecule has 2 aromatic carbocycles. The first kappa shape index (κ1) is 13.2. The molecule has 0 aliphatic carbocycles. The van der Waals surface area contributed by atoms with Gasteiger partial charge in [-0.15, -0.1) is 0 Å². The molecule has 0 radical (unpaired) electrons. The first-order chi connectivity index (χ1) is 10.0. The van der Waals surface area contributed by atoms with Crippen molar-refractivity contribution in [3.63, 3.8) is 0 Å². The van der Waals surface area contributed by atoms with Gasteiger partial charge >= 0.3 is 0 Å². The van der Waals surface area contributed by atoms with Crippen molar-refractivity contribution in [3.05, 3.63) is 71.2 Å². The van der Waals surface area contributed by atoms with Crippen LogP contribution in [0.4, 0.5) is 10.1 Å². The third kappa shape index (κ3) is 2.48. The van der Waals surface area contributed by atoms with E-state index in [2.05, 4.69) is 4.98 Å². The number of fused-ring (bicyclic) bond motifs is 1. The van der Waals surface area contributed by atoms with Crippen LogP contribution in [0.1, 0.15) is 21.6 Å². The van der Waals surface area contributed by atoms with Crippen LogP contribution < -0.4 is 5.73 Å². The van der Waals surface area contributed by atoms with E-state index < -0.39 is 5.82 Å². The lowest BCUT2D eigenvalue weighted by molar-refractivity contribution is 0.103. The van der Waals surface area contributed by atoms with E-state index in [9.17, 15) is 9.18 Å². The second-order valence-corrected chi connectivity index (χ2v) is 4.92. The summed E-state index contributed by atoms with van der Waals surface area (Å²) < 4.78 is 13.3. The molecule has 3 rings (SSSR count). The molecule has 4 heteroatoms. The Hall–Kier alpha value is -2.75. The molecule has 0 atom stereocenters. The fourth-order valence-electron chi connectivity index (χ4n) is 2.25. The smallest absolute Gasteiger partial charge is 0.195 e. The third-order valence-corrected chi connectivity index (χ3v) is 3.35. The monoisotopic (exact) mass is 280 g/mol. The van der Waals surface area contributed by atoms with E-state index in [1.54, 1.807) is 18.2 Å². The van der Waals surface area contributed by atoms with Gasteiger partial charge in [0.1, 0.15) is 5.82 Å². The van der Waals surface area contributed by atoms with Gasteiger partial charge in [0, 0.05) is 27.9 Å². The van der Waals surface area contributed by atoms with Gasteiger partial charge in [-0.2, -0.15) is 0 Å². The van der Waals surface area contributed by atoms with E-state index in [1.165, 1.54) is 12.1 Å². The van der Waals surface area contributed by atoms with Gasteiger partial charge < -0.3 is 5.73 Å². The maximum Gasteiger partial charge on any atom is 0.195 e. The molecule has 0 spiro atoms. The van der Waals surface area contributed by atoms with Gasteiger partial charge in [-0.25, -0.2) is 4.39 Å². The zero-order valence-electron chi connectivity index (χ0n) is 11.4. The number of pyridine rings is 1. The van der Waals surface area contributed by atoms with Crippen molar-refractivity contribution >= 4 is 22.4 Å². The largest absolute Gasteiger partial charge is 0.398 e. The molecule has 0 aliphatic rings. The number of halogens is 1. The van der Waals surface area contributed by atoms with E-state index in [1.807, 2.05) is 19.1 Å². The van der Waals surface area contributed by atoms with Crippen LogP contribution in [0.25, 0.3) is 10.9 Å². The molecular formula is C17H13FN2O. The van der Waals surface area contributed by atoms with Crippen LogP contribution in [-0.4, -0.2) is 10.8 Å².